The molecule has 0 radical (unpaired) electrons. The molecule has 0 saturated heterocycles. The van der Waals surface area contributed by atoms with Crippen LogP contribution in [-0.4, -0.2) is 12.3 Å². The van der Waals surface area contributed by atoms with Crippen LogP contribution < -0.4 is 11.1 Å². The SMILES string of the molecule is NCC(=O)c1ccc2ccccc2c1Nc1ccccc1. The number of Topliss-reactive ketones (excluding diaryl/α,β-unsaturated/α-hetero) is 1. The highest BCUT2D eigenvalue weighted by Crippen LogP contribution is 2.30. The van der Waals surface area contributed by atoms with Gasteiger partial charge in [-0.2, -0.15) is 0 Å². The monoisotopic (exact) mass is 276 g/mol. The molecule has 0 saturated carbocycles. The molecule has 0 atom stereocenters. The van der Waals surface area contributed by atoms with Gasteiger partial charge in [0.1, 0.15) is 0 Å². The van der Waals surface area contributed by atoms with Gasteiger partial charge in [-0.1, -0.05) is 48.5 Å². The molecule has 0 unspecified atom stereocenters. The number of carbonyl (C=O) groups excluding carboxylic acids is 1. The van der Waals surface area contributed by atoms with Crippen LogP contribution in [0.2, 0.25) is 0 Å². The molecule has 0 heterocycles. The molecule has 0 aliphatic heterocycles. The summed E-state index contributed by atoms with van der Waals surface area (Å²) in [5.74, 6) is -0.0702. The Bertz CT molecular complexity index is 782. The predicted molar refractivity (Wildman–Crippen MR) is 87.1 cm³/mol. The first kappa shape index (κ1) is 13.3. The summed E-state index contributed by atoms with van der Waals surface area (Å²) in [4.78, 5) is 12.1. The van der Waals surface area contributed by atoms with Crippen molar-refractivity contribution in [3.63, 3.8) is 0 Å². The maximum Gasteiger partial charge on any atom is 0.178 e. The lowest BCUT2D eigenvalue weighted by Gasteiger charge is -2.14. The highest BCUT2D eigenvalue weighted by Gasteiger charge is 2.13. The molecule has 3 aromatic rings. The molecule has 0 fully saturated rings. The van der Waals surface area contributed by atoms with Gasteiger partial charge in [-0.25, -0.2) is 0 Å². The van der Waals surface area contributed by atoms with Crippen molar-refractivity contribution in [2.24, 2.45) is 5.73 Å². The first-order valence-corrected chi connectivity index (χ1v) is 6.86. The number of hydrogen-bond acceptors (Lipinski definition) is 3. The van der Waals surface area contributed by atoms with Crippen molar-refractivity contribution in [1.82, 2.24) is 0 Å². The summed E-state index contributed by atoms with van der Waals surface area (Å²) in [5.41, 5.74) is 7.92. The maximum absolute atomic E-state index is 12.1. The van der Waals surface area contributed by atoms with E-state index in [0.717, 1.165) is 22.1 Å². The molecule has 0 aromatic heterocycles. The number of anilines is 2. The van der Waals surface area contributed by atoms with Crippen LogP contribution in [-0.2, 0) is 0 Å². The van der Waals surface area contributed by atoms with Gasteiger partial charge in [0.05, 0.1) is 12.2 Å². The number of carbonyl (C=O) groups is 1. The number of nitrogens with one attached hydrogen (secondary N) is 1. The Balaban J connectivity index is 2.18. The second kappa shape index (κ2) is 5.77. The fraction of sp³-hybridized carbons (Fsp3) is 0.0556. The van der Waals surface area contributed by atoms with Crippen LogP contribution in [0.25, 0.3) is 10.8 Å². The minimum absolute atomic E-state index is 0.00180. The number of rotatable bonds is 4. The second-order valence-corrected chi connectivity index (χ2v) is 4.83. The third-order valence-corrected chi connectivity index (χ3v) is 3.46. The Kier molecular flexibility index (Phi) is 3.67. The van der Waals surface area contributed by atoms with Crippen LogP contribution in [0.15, 0.2) is 66.7 Å². The van der Waals surface area contributed by atoms with Crippen molar-refractivity contribution in [1.29, 1.82) is 0 Å². The predicted octanol–water partition coefficient (Wildman–Crippen LogP) is 3.72. The molecule has 3 aromatic carbocycles. The van der Waals surface area contributed by atoms with Crippen LogP contribution in [0.5, 0.6) is 0 Å². The third kappa shape index (κ3) is 2.64. The lowest BCUT2D eigenvalue weighted by atomic mass is 10.0. The van der Waals surface area contributed by atoms with Crippen molar-refractivity contribution >= 4 is 27.9 Å². The molecule has 3 heteroatoms. The van der Waals surface area contributed by atoms with E-state index >= 15 is 0 Å². The number of hydrogen-bond donors (Lipinski definition) is 2. The highest BCUT2D eigenvalue weighted by atomic mass is 16.1. The van der Waals surface area contributed by atoms with Crippen molar-refractivity contribution in [3.8, 4) is 0 Å². The van der Waals surface area contributed by atoms with Gasteiger partial charge in [0.2, 0.25) is 0 Å². The number of para-hydroxylation sites is 1. The third-order valence-electron chi connectivity index (χ3n) is 3.46. The molecule has 0 aliphatic rings. The van der Waals surface area contributed by atoms with Gasteiger partial charge in [0.25, 0.3) is 0 Å². The Labute approximate surface area is 123 Å². The van der Waals surface area contributed by atoms with Crippen LogP contribution in [0.3, 0.4) is 0 Å². The van der Waals surface area contributed by atoms with E-state index in [0.29, 0.717) is 5.56 Å². The quantitative estimate of drug-likeness (QED) is 0.714. The van der Waals surface area contributed by atoms with Crippen molar-refractivity contribution in [2.75, 3.05) is 11.9 Å². The molecular formula is C18H16N2O. The molecule has 0 amide bonds. The van der Waals surface area contributed by atoms with E-state index in [4.69, 9.17) is 5.73 Å². The molecule has 0 bridgehead atoms. The molecule has 3 N–H and O–H groups in total. The van der Waals surface area contributed by atoms with Gasteiger partial charge in [0, 0.05) is 16.6 Å². The zero-order valence-electron chi connectivity index (χ0n) is 11.5. The Hall–Kier alpha value is -2.65. The molecule has 104 valence electrons. The van der Waals surface area contributed by atoms with Gasteiger partial charge in [0.15, 0.2) is 5.78 Å². The van der Waals surface area contributed by atoms with Gasteiger partial charge in [-0.3, -0.25) is 4.79 Å². The number of benzene rings is 3. The smallest absolute Gasteiger partial charge is 0.178 e. The fourth-order valence-electron chi connectivity index (χ4n) is 2.41. The molecule has 3 nitrogen and oxygen atoms in total. The van der Waals surface area contributed by atoms with Gasteiger partial charge in [-0.15, -0.1) is 0 Å². The van der Waals surface area contributed by atoms with E-state index in [1.807, 2.05) is 66.7 Å². The van der Waals surface area contributed by atoms with E-state index in [-0.39, 0.29) is 12.3 Å². The summed E-state index contributed by atoms with van der Waals surface area (Å²) in [6, 6.07) is 21.6. The Morgan fingerprint density at radius 2 is 1.62 bits per heavy atom. The van der Waals surface area contributed by atoms with Crippen molar-refractivity contribution in [2.45, 2.75) is 0 Å². The van der Waals surface area contributed by atoms with Gasteiger partial charge in [-0.05, 0) is 23.6 Å². The van der Waals surface area contributed by atoms with E-state index in [1.54, 1.807) is 0 Å². The van der Waals surface area contributed by atoms with E-state index in [9.17, 15) is 4.79 Å². The first-order valence-electron chi connectivity index (χ1n) is 6.86. The van der Waals surface area contributed by atoms with Crippen LogP contribution in [0.1, 0.15) is 10.4 Å². The summed E-state index contributed by atoms with van der Waals surface area (Å²) < 4.78 is 0. The lowest BCUT2D eigenvalue weighted by Crippen LogP contribution is -2.15. The first-order chi connectivity index (χ1) is 10.3. The minimum atomic E-state index is -0.0702. The molecular weight excluding hydrogens is 260 g/mol. The van der Waals surface area contributed by atoms with Gasteiger partial charge >= 0.3 is 0 Å². The summed E-state index contributed by atoms with van der Waals surface area (Å²) >= 11 is 0. The van der Waals surface area contributed by atoms with Crippen molar-refractivity contribution < 1.29 is 4.79 Å². The molecule has 0 aliphatic carbocycles. The average Bonchev–Trinajstić information content (AvgIpc) is 2.55. The second-order valence-electron chi connectivity index (χ2n) is 4.83. The zero-order valence-corrected chi connectivity index (χ0v) is 11.5. The number of nitrogens with two attached hydrogens (primary N) is 1. The van der Waals surface area contributed by atoms with Crippen LogP contribution in [0.4, 0.5) is 11.4 Å². The largest absolute Gasteiger partial charge is 0.354 e. The molecule has 0 spiro atoms. The average molecular weight is 276 g/mol. The van der Waals surface area contributed by atoms with E-state index < -0.39 is 0 Å². The zero-order chi connectivity index (χ0) is 14.7. The summed E-state index contributed by atoms with van der Waals surface area (Å²) in [6.07, 6.45) is 0. The van der Waals surface area contributed by atoms with Gasteiger partial charge < -0.3 is 11.1 Å². The minimum Gasteiger partial charge on any atom is -0.354 e. The maximum atomic E-state index is 12.1. The topological polar surface area (TPSA) is 55.1 Å². The molecule has 21 heavy (non-hydrogen) atoms. The Morgan fingerprint density at radius 3 is 2.38 bits per heavy atom. The number of fused-ring (bicyclic) bond motifs is 1. The summed E-state index contributed by atoms with van der Waals surface area (Å²) in [6.45, 7) is 0.00180. The molecule has 3 rings (SSSR count). The van der Waals surface area contributed by atoms with E-state index in [2.05, 4.69) is 5.32 Å². The van der Waals surface area contributed by atoms with Crippen molar-refractivity contribution in [3.05, 3.63) is 72.3 Å². The van der Waals surface area contributed by atoms with Crippen LogP contribution in [0, 0.1) is 0 Å². The Morgan fingerprint density at radius 1 is 0.905 bits per heavy atom. The normalized spacial score (nSPS) is 10.5. The number of ketones is 1. The fourth-order valence-corrected chi connectivity index (χ4v) is 2.41. The van der Waals surface area contributed by atoms with E-state index in [1.165, 1.54) is 0 Å². The standard InChI is InChI=1S/C18H16N2O/c19-12-17(21)16-11-10-13-6-4-5-9-15(13)18(16)20-14-7-2-1-3-8-14/h1-11,20H,12,19H2. The highest BCUT2D eigenvalue weighted by molar-refractivity contribution is 6.10. The van der Waals surface area contributed by atoms with Crippen LogP contribution >= 0.6 is 0 Å². The summed E-state index contributed by atoms with van der Waals surface area (Å²) in [5, 5.41) is 5.46. The lowest BCUT2D eigenvalue weighted by molar-refractivity contribution is 0.100. The summed E-state index contributed by atoms with van der Waals surface area (Å²) in [7, 11) is 0.